The molecule has 0 aliphatic rings. The predicted molar refractivity (Wildman–Crippen MR) is 94.5 cm³/mol. The molecule has 1 atom stereocenters. The molecule has 0 saturated heterocycles. The van der Waals surface area contributed by atoms with Crippen molar-refractivity contribution < 1.29 is 21.6 Å². The fourth-order valence-corrected chi connectivity index (χ4v) is 4.07. The van der Waals surface area contributed by atoms with Crippen molar-refractivity contribution >= 4 is 21.6 Å². The molecule has 0 saturated carbocycles. The SMILES string of the molecule is CN(C)C[C@H](NS(=O)(=O)c1ccc(Cl)cc1C(F)(F)F)c1ccccc1. The zero-order valence-electron chi connectivity index (χ0n) is 14.1. The number of hydrogen-bond acceptors (Lipinski definition) is 3. The Morgan fingerprint density at radius 2 is 1.73 bits per heavy atom. The molecule has 4 nitrogen and oxygen atoms in total. The van der Waals surface area contributed by atoms with Gasteiger partial charge in [-0.1, -0.05) is 41.9 Å². The third-order valence-electron chi connectivity index (χ3n) is 3.58. The zero-order valence-corrected chi connectivity index (χ0v) is 15.7. The number of benzene rings is 2. The lowest BCUT2D eigenvalue weighted by Gasteiger charge is -2.23. The van der Waals surface area contributed by atoms with E-state index in [1.807, 2.05) is 0 Å². The molecule has 2 aromatic rings. The highest BCUT2D eigenvalue weighted by atomic mass is 35.5. The Bertz CT molecular complexity index is 856. The molecule has 0 amide bonds. The van der Waals surface area contributed by atoms with E-state index in [1.54, 1.807) is 49.3 Å². The number of sulfonamides is 1. The number of alkyl halides is 3. The minimum Gasteiger partial charge on any atom is -0.307 e. The van der Waals surface area contributed by atoms with Crippen molar-refractivity contribution in [3.8, 4) is 0 Å². The minimum absolute atomic E-state index is 0.191. The maximum absolute atomic E-state index is 13.3. The Kier molecular flexibility index (Phi) is 6.33. The molecule has 1 N–H and O–H groups in total. The first-order chi connectivity index (χ1) is 12.0. The van der Waals surface area contributed by atoms with Gasteiger partial charge in [0.1, 0.15) is 0 Å². The summed E-state index contributed by atoms with van der Waals surface area (Å²) in [7, 11) is -0.952. The highest BCUT2D eigenvalue weighted by Crippen LogP contribution is 2.36. The molecule has 2 rings (SSSR count). The molecule has 0 aromatic heterocycles. The second kappa shape index (κ2) is 7.96. The molecule has 142 valence electrons. The Morgan fingerprint density at radius 3 is 2.27 bits per heavy atom. The van der Waals surface area contributed by atoms with E-state index in [4.69, 9.17) is 11.6 Å². The first-order valence-corrected chi connectivity index (χ1v) is 9.45. The summed E-state index contributed by atoms with van der Waals surface area (Å²) in [6.07, 6.45) is -4.85. The molecular formula is C17H18ClF3N2O2S. The smallest absolute Gasteiger partial charge is 0.307 e. The van der Waals surface area contributed by atoms with E-state index in [0.717, 1.165) is 12.1 Å². The lowest BCUT2D eigenvalue weighted by molar-refractivity contribution is -0.139. The van der Waals surface area contributed by atoms with Crippen LogP contribution in [0.1, 0.15) is 17.2 Å². The van der Waals surface area contributed by atoms with Crippen LogP contribution in [-0.4, -0.2) is 34.0 Å². The number of rotatable bonds is 6. The van der Waals surface area contributed by atoms with Gasteiger partial charge in [0.2, 0.25) is 10.0 Å². The monoisotopic (exact) mass is 406 g/mol. The summed E-state index contributed by atoms with van der Waals surface area (Å²) >= 11 is 5.62. The van der Waals surface area contributed by atoms with Crippen LogP contribution in [0.2, 0.25) is 5.02 Å². The quantitative estimate of drug-likeness (QED) is 0.790. The van der Waals surface area contributed by atoms with Gasteiger partial charge in [-0.3, -0.25) is 0 Å². The van der Waals surface area contributed by atoms with Gasteiger partial charge < -0.3 is 4.90 Å². The van der Waals surface area contributed by atoms with Gasteiger partial charge in [-0.15, -0.1) is 0 Å². The van der Waals surface area contributed by atoms with Crippen LogP contribution >= 0.6 is 11.6 Å². The molecule has 0 aliphatic carbocycles. The normalized spacial score (nSPS) is 13.8. The minimum atomic E-state index is -4.85. The first-order valence-electron chi connectivity index (χ1n) is 7.59. The second-order valence-electron chi connectivity index (χ2n) is 5.99. The Labute approximate surface area is 155 Å². The van der Waals surface area contributed by atoms with E-state index in [0.29, 0.717) is 11.6 Å². The van der Waals surface area contributed by atoms with Crippen LogP contribution in [0.5, 0.6) is 0 Å². The summed E-state index contributed by atoms with van der Waals surface area (Å²) in [5, 5.41) is -0.191. The highest BCUT2D eigenvalue weighted by Gasteiger charge is 2.38. The number of likely N-dealkylation sites (N-methyl/N-ethyl adjacent to an activating group) is 1. The van der Waals surface area contributed by atoms with Crippen LogP contribution in [-0.2, 0) is 16.2 Å². The first kappa shape index (κ1) is 20.7. The molecule has 0 radical (unpaired) electrons. The van der Waals surface area contributed by atoms with Crippen molar-refractivity contribution in [3.05, 3.63) is 64.7 Å². The molecule has 0 aliphatic heterocycles. The van der Waals surface area contributed by atoms with E-state index in [2.05, 4.69) is 4.72 Å². The van der Waals surface area contributed by atoms with E-state index < -0.39 is 32.7 Å². The van der Waals surface area contributed by atoms with Crippen molar-refractivity contribution in [2.45, 2.75) is 17.1 Å². The molecule has 0 heterocycles. The van der Waals surface area contributed by atoms with E-state index in [-0.39, 0.29) is 11.6 Å². The van der Waals surface area contributed by atoms with Gasteiger partial charge in [-0.2, -0.15) is 13.2 Å². The van der Waals surface area contributed by atoms with Crippen LogP contribution in [0.15, 0.2) is 53.4 Å². The summed E-state index contributed by atoms with van der Waals surface area (Å²) < 4.78 is 67.6. The Hall–Kier alpha value is -1.61. The Morgan fingerprint density at radius 1 is 1.12 bits per heavy atom. The van der Waals surface area contributed by atoms with Crippen molar-refractivity contribution in [2.24, 2.45) is 0 Å². The van der Waals surface area contributed by atoms with Gasteiger partial charge in [-0.25, -0.2) is 13.1 Å². The van der Waals surface area contributed by atoms with Gasteiger partial charge in [0.25, 0.3) is 0 Å². The topological polar surface area (TPSA) is 49.4 Å². The third kappa shape index (κ3) is 5.20. The van der Waals surface area contributed by atoms with E-state index >= 15 is 0 Å². The van der Waals surface area contributed by atoms with Gasteiger partial charge in [0.15, 0.2) is 0 Å². The second-order valence-corrected chi connectivity index (χ2v) is 8.10. The summed E-state index contributed by atoms with van der Waals surface area (Å²) in [6.45, 7) is 0.276. The maximum Gasteiger partial charge on any atom is 0.417 e. The third-order valence-corrected chi connectivity index (χ3v) is 5.35. The van der Waals surface area contributed by atoms with Gasteiger partial charge in [-0.05, 0) is 37.9 Å². The molecule has 0 bridgehead atoms. The van der Waals surface area contributed by atoms with E-state index in [1.165, 1.54) is 0 Å². The van der Waals surface area contributed by atoms with E-state index in [9.17, 15) is 21.6 Å². The number of nitrogens with zero attached hydrogens (tertiary/aromatic N) is 1. The molecule has 0 spiro atoms. The molecule has 2 aromatic carbocycles. The summed E-state index contributed by atoms with van der Waals surface area (Å²) in [4.78, 5) is 0.890. The van der Waals surface area contributed by atoms with Crippen LogP contribution in [0.4, 0.5) is 13.2 Å². The van der Waals surface area contributed by atoms with Crippen LogP contribution in [0, 0.1) is 0 Å². The van der Waals surface area contributed by atoms with Crippen molar-refractivity contribution in [1.29, 1.82) is 0 Å². The summed E-state index contributed by atoms with van der Waals surface area (Å²) in [6, 6.07) is 10.5. The van der Waals surface area contributed by atoms with Gasteiger partial charge >= 0.3 is 6.18 Å². The lowest BCUT2D eigenvalue weighted by atomic mass is 10.1. The number of nitrogens with one attached hydrogen (secondary N) is 1. The average Bonchev–Trinajstić information content (AvgIpc) is 2.53. The van der Waals surface area contributed by atoms with Gasteiger partial charge in [0.05, 0.1) is 16.5 Å². The molecular weight excluding hydrogens is 389 g/mol. The fraction of sp³-hybridized carbons (Fsp3) is 0.294. The average molecular weight is 407 g/mol. The highest BCUT2D eigenvalue weighted by molar-refractivity contribution is 7.89. The largest absolute Gasteiger partial charge is 0.417 e. The fourth-order valence-electron chi connectivity index (χ4n) is 2.47. The molecule has 0 unspecified atom stereocenters. The van der Waals surface area contributed by atoms with Crippen LogP contribution < -0.4 is 4.72 Å². The molecule has 26 heavy (non-hydrogen) atoms. The van der Waals surface area contributed by atoms with Crippen molar-refractivity contribution in [1.82, 2.24) is 9.62 Å². The van der Waals surface area contributed by atoms with Gasteiger partial charge in [0, 0.05) is 11.6 Å². The van der Waals surface area contributed by atoms with Crippen molar-refractivity contribution in [2.75, 3.05) is 20.6 Å². The molecule has 9 heteroatoms. The molecule has 0 fully saturated rings. The lowest BCUT2D eigenvalue weighted by Crippen LogP contribution is -2.36. The zero-order chi connectivity index (χ0) is 19.5. The standard InChI is InChI=1S/C17H18ClF3N2O2S/c1-23(2)11-15(12-6-4-3-5-7-12)22-26(24,25)16-9-8-13(18)10-14(16)17(19,20)21/h3-10,15,22H,11H2,1-2H3/t15-/m0/s1. The van der Waals surface area contributed by atoms with Crippen LogP contribution in [0.25, 0.3) is 0 Å². The van der Waals surface area contributed by atoms with Crippen molar-refractivity contribution in [3.63, 3.8) is 0 Å². The summed E-state index contributed by atoms with van der Waals surface area (Å²) in [5.74, 6) is 0. The maximum atomic E-state index is 13.3. The number of halogens is 4. The van der Waals surface area contributed by atoms with Crippen LogP contribution in [0.3, 0.4) is 0 Å². The number of hydrogen-bond donors (Lipinski definition) is 1. The Balaban J connectivity index is 2.46. The predicted octanol–water partition coefficient (Wildman–Crippen LogP) is 3.94. The summed E-state index contributed by atoms with van der Waals surface area (Å²) in [5.41, 5.74) is -0.651.